The van der Waals surface area contributed by atoms with E-state index in [-0.39, 0.29) is 18.0 Å². The predicted octanol–water partition coefficient (Wildman–Crippen LogP) is 1.12. The SMILES string of the molecule is COc1cc(N(C)CC(=O)O)ccc1[N+](=O)[O-]. The molecule has 1 N–H and O–H groups in total. The van der Waals surface area contributed by atoms with Crippen LogP contribution < -0.4 is 9.64 Å². The second-order valence-corrected chi connectivity index (χ2v) is 3.36. The van der Waals surface area contributed by atoms with Crippen LogP contribution in [0.2, 0.25) is 0 Å². The molecule has 7 nitrogen and oxygen atoms in total. The molecule has 0 unspecified atom stereocenters. The van der Waals surface area contributed by atoms with Crippen LogP contribution in [0.1, 0.15) is 0 Å². The first-order valence-electron chi connectivity index (χ1n) is 4.71. The number of nitro benzene ring substituents is 1. The van der Waals surface area contributed by atoms with E-state index in [2.05, 4.69) is 0 Å². The Balaban J connectivity index is 3.04. The van der Waals surface area contributed by atoms with Gasteiger partial charge in [-0.05, 0) is 6.07 Å². The Bertz CT molecular complexity index is 446. The second-order valence-electron chi connectivity index (χ2n) is 3.36. The molecule has 1 aromatic carbocycles. The summed E-state index contributed by atoms with van der Waals surface area (Å²) in [6, 6.07) is 4.19. The van der Waals surface area contributed by atoms with Gasteiger partial charge in [-0.3, -0.25) is 14.9 Å². The Morgan fingerprint density at radius 1 is 1.59 bits per heavy atom. The molecule has 0 atom stereocenters. The minimum Gasteiger partial charge on any atom is -0.490 e. The molecule has 0 radical (unpaired) electrons. The third-order valence-corrected chi connectivity index (χ3v) is 2.17. The molecule has 0 aromatic heterocycles. The summed E-state index contributed by atoms with van der Waals surface area (Å²) in [6.07, 6.45) is 0. The maximum absolute atomic E-state index is 10.7. The zero-order valence-corrected chi connectivity index (χ0v) is 9.41. The van der Waals surface area contributed by atoms with Gasteiger partial charge in [0.1, 0.15) is 6.54 Å². The number of hydrogen-bond acceptors (Lipinski definition) is 5. The molecule has 0 amide bonds. The van der Waals surface area contributed by atoms with E-state index in [9.17, 15) is 14.9 Å². The van der Waals surface area contributed by atoms with Gasteiger partial charge in [-0.25, -0.2) is 0 Å². The van der Waals surface area contributed by atoms with Crippen molar-refractivity contribution in [1.29, 1.82) is 0 Å². The fraction of sp³-hybridized carbons (Fsp3) is 0.300. The third-order valence-electron chi connectivity index (χ3n) is 2.17. The summed E-state index contributed by atoms with van der Waals surface area (Å²) in [6.45, 7) is -0.193. The summed E-state index contributed by atoms with van der Waals surface area (Å²) in [5.74, 6) is -0.880. The number of carboxylic acid groups (broad SMARTS) is 1. The lowest BCUT2D eigenvalue weighted by atomic mass is 10.2. The quantitative estimate of drug-likeness (QED) is 0.612. The van der Waals surface area contributed by atoms with Gasteiger partial charge in [-0.2, -0.15) is 0 Å². The number of methoxy groups -OCH3 is 1. The van der Waals surface area contributed by atoms with E-state index in [0.717, 1.165) is 0 Å². The van der Waals surface area contributed by atoms with Gasteiger partial charge in [-0.1, -0.05) is 0 Å². The van der Waals surface area contributed by atoms with Gasteiger partial charge in [0.2, 0.25) is 0 Å². The summed E-state index contributed by atoms with van der Waals surface area (Å²) in [5.41, 5.74) is 0.384. The van der Waals surface area contributed by atoms with Gasteiger partial charge in [0.05, 0.1) is 12.0 Å². The van der Waals surface area contributed by atoms with E-state index in [1.165, 1.54) is 30.2 Å². The minimum atomic E-state index is -0.982. The number of rotatable bonds is 5. The van der Waals surface area contributed by atoms with Crippen molar-refractivity contribution >= 4 is 17.3 Å². The summed E-state index contributed by atoms with van der Waals surface area (Å²) in [7, 11) is 2.90. The van der Waals surface area contributed by atoms with E-state index in [1.54, 1.807) is 7.05 Å². The molecule has 0 saturated heterocycles. The van der Waals surface area contributed by atoms with E-state index in [0.29, 0.717) is 5.69 Å². The number of carbonyl (C=O) groups is 1. The van der Waals surface area contributed by atoms with Crippen LogP contribution in [-0.2, 0) is 4.79 Å². The number of hydrogen-bond donors (Lipinski definition) is 1. The molecule has 92 valence electrons. The van der Waals surface area contributed by atoms with Crippen LogP contribution in [0.25, 0.3) is 0 Å². The number of aliphatic carboxylic acids is 1. The highest BCUT2D eigenvalue weighted by Crippen LogP contribution is 2.30. The number of benzene rings is 1. The fourth-order valence-electron chi connectivity index (χ4n) is 1.35. The molecule has 0 aliphatic carbocycles. The Kier molecular flexibility index (Phi) is 3.86. The smallest absolute Gasteiger partial charge is 0.323 e. The lowest BCUT2D eigenvalue weighted by molar-refractivity contribution is -0.385. The van der Waals surface area contributed by atoms with Crippen LogP contribution in [0.15, 0.2) is 18.2 Å². The van der Waals surface area contributed by atoms with Crippen LogP contribution in [0.3, 0.4) is 0 Å². The monoisotopic (exact) mass is 240 g/mol. The lowest BCUT2D eigenvalue weighted by Gasteiger charge is -2.17. The Hall–Kier alpha value is -2.31. The summed E-state index contributed by atoms with van der Waals surface area (Å²) in [5, 5.41) is 19.3. The Morgan fingerprint density at radius 2 is 2.24 bits per heavy atom. The fourth-order valence-corrected chi connectivity index (χ4v) is 1.35. The third kappa shape index (κ3) is 3.07. The Labute approximate surface area is 97.4 Å². The highest BCUT2D eigenvalue weighted by Gasteiger charge is 2.16. The van der Waals surface area contributed by atoms with Crippen molar-refractivity contribution < 1.29 is 19.6 Å². The Morgan fingerprint density at radius 3 is 2.71 bits per heavy atom. The molecule has 1 aromatic rings. The molecule has 0 spiro atoms. The molecule has 0 fully saturated rings. The topological polar surface area (TPSA) is 92.9 Å². The molecule has 0 heterocycles. The number of ether oxygens (including phenoxy) is 1. The van der Waals surface area contributed by atoms with Gasteiger partial charge in [0.15, 0.2) is 5.75 Å². The minimum absolute atomic E-state index is 0.102. The maximum atomic E-state index is 10.7. The van der Waals surface area contributed by atoms with Gasteiger partial charge in [-0.15, -0.1) is 0 Å². The first-order valence-corrected chi connectivity index (χ1v) is 4.71. The molecule has 17 heavy (non-hydrogen) atoms. The molecule has 7 heteroatoms. The van der Waals surface area contributed by atoms with Crippen LogP contribution in [0.4, 0.5) is 11.4 Å². The number of carboxylic acids is 1. The standard InChI is InChI=1S/C10H12N2O5/c1-11(6-10(13)14)7-3-4-8(12(15)16)9(5-7)17-2/h3-5H,6H2,1-2H3,(H,13,14). The number of nitro groups is 1. The molecule has 0 aliphatic heterocycles. The van der Waals surface area contributed by atoms with E-state index < -0.39 is 10.9 Å². The molecule has 0 aliphatic rings. The number of likely N-dealkylation sites (N-methyl/N-ethyl adjacent to an activating group) is 1. The highest BCUT2D eigenvalue weighted by molar-refractivity contribution is 5.74. The van der Waals surface area contributed by atoms with Crippen LogP contribution in [-0.4, -0.2) is 36.7 Å². The molecule has 0 bridgehead atoms. The lowest BCUT2D eigenvalue weighted by Crippen LogP contribution is -2.25. The van der Waals surface area contributed by atoms with Crippen LogP contribution in [0, 0.1) is 10.1 Å². The van der Waals surface area contributed by atoms with E-state index in [4.69, 9.17) is 9.84 Å². The van der Waals surface area contributed by atoms with Gasteiger partial charge in [0.25, 0.3) is 0 Å². The van der Waals surface area contributed by atoms with Gasteiger partial charge in [0, 0.05) is 24.9 Å². The number of anilines is 1. The first kappa shape index (κ1) is 12.8. The maximum Gasteiger partial charge on any atom is 0.323 e. The van der Waals surface area contributed by atoms with Crippen molar-refractivity contribution in [3.05, 3.63) is 28.3 Å². The summed E-state index contributed by atoms with van der Waals surface area (Å²) in [4.78, 5) is 22.1. The van der Waals surface area contributed by atoms with Crippen molar-refractivity contribution in [3.8, 4) is 5.75 Å². The van der Waals surface area contributed by atoms with E-state index in [1.807, 2.05) is 0 Å². The average Bonchev–Trinajstić information content (AvgIpc) is 2.27. The average molecular weight is 240 g/mol. The van der Waals surface area contributed by atoms with Gasteiger partial charge >= 0.3 is 11.7 Å². The van der Waals surface area contributed by atoms with Crippen LogP contribution in [0.5, 0.6) is 5.75 Å². The van der Waals surface area contributed by atoms with Crippen molar-refractivity contribution in [2.45, 2.75) is 0 Å². The second kappa shape index (κ2) is 5.15. The predicted molar refractivity (Wildman–Crippen MR) is 60.6 cm³/mol. The van der Waals surface area contributed by atoms with Crippen molar-refractivity contribution in [2.75, 3.05) is 25.6 Å². The molecule has 0 saturated carbocycles. The van der Waals surface area contributed by atoms with Gasteiger partial charge < -0.3 is 14.7 Å². The van der Waals surface area contributed by atoms with Crippen molar-refractivity contribution in [2.24, 2.45) is 0 Å². The normalized spacial score (nSPS) is 9.76. The first-order chi connectivity index (χ1) is 7.95. The summed E-state index contributed by atoms with van der Waals surface area (Å²) < 4.78 is 4.89. The van der Waals surface area contributed by atoms with Crippen LogP contribution >= 0.6 is 0 Å². The molecular weight excluding hydrogens is 228 g/mol. The van der Waals surface area contributed by atoms with Crippen molar-refractivity contribution in [3.63, 3.8) is 0 Å². The molecular formula is C10H12N2O5. The number of nitrogens with zero attached hydrogens (tertiary/aromatic N) is 2. The zero-order chi connectivity index (χ0) is 13.0. The van der Waals surface area contributed by atoms with Crippen molar-refractivity contribution in [1.82, 2.24) is 0 Å². The van der Waals surface area contributed by atoms with E-state index >= 15 is 0 Å². The zero-order valence-electron chi connectivity index (χ0n) is 9.41. The highest BCUT2D eigenvalue weighted by atomic mass is 16.6. The summed E-state index contributed by atoms with van der Waals surface area (Å²) >= 11 is 0. The largest absolute Gasteiger partial charge is 0.490 e. The molecule has 1 rings (SSSR count).